The normalized spacial score (nSPS) is 34.1. The lowest BCUT2D eigenvalue weighted by Gasteiger charge is -2.41. The minimum atomic E-state index is 0.377. The van der Waals surface area contributed by atoms with Crippen molar-refractivity contribution in [2.24, 2.45) is 11.7 Å². The van der Waals surface area contributed by atoms with Gasteiger partial charge in [-0.1, -0.05) is 24.3 Å². The van der Waals surface area contributed by atoms with Crippen LogP contribution in [-0.2, 0) is 0 Å². The van der Waals surface area contributed by atoms with Crippen molar-refractivity contribution < 1.29 is 0 Å². The third-order valence-corrected chi connectivity index (χ3v) is 3.78. The van der Waals surface area contributed by atoms with Crippen LogP contribution in [0.5, 0.6) is 0 Å². The molecule has 2 nitrogen and oxygen atoms in total. The van der Waals surface area contributed by atoms with E-state index in [0.717, 1.165) is 19.4 Å². The molecule has 0 aromatic carbocycles. The van der Waals surface area contributed by atoms with Gasteiger partial charge in [0.2, 0.25) is 0 Å². The van der Waals surface area contributed by atoms with Crippen LogP contribution in [0.25, 0.3) is 0 Å². The van der Waals surface area contributed by atoms with Gasteiger partial charge in [-0.2, -0.15) is 0 Å². The van der Waals surface area contributed by atoms with Crippen molar-refractivity contribution in [2.45, 2.75) is 25.3 Å². The van der Waals surface area contributed by atoms with Gasteiger partial charge in [-0.05, 0) is 18.4 Å². The zero-order valence-electron chi connectivity index (χ0n) is 9.02. The molecule has 1 saturated heterocycles. The van der Waals surface area contributed by atoms with Crippen molar-refractivity contribution in [2.75, 3.05) is 13.1 Å². The second kappa shape index (κ2) is 3.53. The lowest BCUT2D eigenvalue weighted by molar-refractivity contribution is 0.241. The van der Waals surface area contributed by atoms with E-state index in [1.54, 1.807) is 0 Å². The summed E-state index contributed by atoms with van der Waals surface area (Å²) in [6.45, 7) is 2.37. The molecular formula is C13H18N2. The lowest BCUT2D eigenvalue weighted by Crippen LogP contribution is -2.42. The molecule has 2 aliphatic heterocycles. The fourth-order valence-electron chi connectivity index (χ4n) is 2.92. The van der Waals surface area contributed by atoms with Crippen molar-refractivity contribution >= 4 is 0 Å². The molecule has 3 aliphatic rings. The van der Waals surface area contributed by atoms with Gasteiger partial charge in [0.1, 0.15) is 0 Å². The molecule has 1 aliphatic carbocycles. The molecule has 80 valence electrons. The fraction of sp³-hybridized carbons (Fsp3) is 0.538. The van der Waals surface area contributed by atoms with Crippen LogP contribution in [0.15, 0.2) is 35.6 Å². The van der Waals surface area contributed by atoms with Crippen molar-refractivity contribution in [3.8, 4) is 0 Å². The average Bonchev–Trinajstić information content (AvgIpc) is 2.29. The van der Waals surface area contributed by atoms with Crippen LogP contribution in [0, 0.1) is 5.92 Å². The fourth-order valence-corrected chi connectivity index (χ4v) is 2.92. The Bertz CT molecular complexity index is 352. The molecule has 2 heterocycles. The van der Waals surface area contributed by atoms with Crippen LogP contribution in [-0.4, -0.2) is 24.0 Å². The molecule has 3 rings (SSSR count). The SMILES string of the molecule is N[C@H]1CCN2CC[C@@H]3C=CC=CC3=C2C1. The molecule has 0 aromatic rings. The second-order valence-electron chi connectivity index (χ2n) is 4.78. The number of allylic oxidation sites excluding steroid dienone is 5. The summed E-state index contributed by atoms with van der Waals surface area (Å²) in [5.74, 6) is 0.659. The second-order valence-corrected chi connectivity index (χ2v) is 4.78. The Morgan fingerprint density at radius 2 is 2.07 bits per heavy atom. The summed E-state index contributed by atoms with van der Waals surface area (Å²) in [4.78, 5) is 2.54. The highest BCUT2D eigenvalue weighted by Crippen LogP contribution is 2.35. The van der Waals surface area contributed by atoms with E-state index in [4.69, 9.17) is 5.73 Å². The van der Waals surface area contributed by atoms with Gasteiger partial charge < -0.3 is 10.6 Å². The molecule has 0 bridgehead atoms. The summed E-state index contributed by atoms with van der Waals surface area (Å²) < 4.78 is 0. The molecule has 0 saturated carbocycles. The van der Waals surface area contributed by atoms with Gasteiger partial charge >= 0.3 is 0 Å². The van der Waals surface area contributed by atoms with Crippen LogP contribution in [0.1, 0.15) is 19.3 Å². The number of nitrogens with zero attached hydrogens (tertiary/aromatic N) is 1. The Labute approximate surface area is 91.1 Å². The van der Waals surface area contributed by atoms with Crippen molar-refractivity contribution in [3.63, 3.8) is 0 Å². The first-order valence-corrected chi connectivity index (χ1v) is 5.93. The van der Waals surface area contributed by atoms with Crippen molar-refractivity contribution in [1.29, 1.82) is 0 Å². The predicted molar refractivity (Wildman–Crippen MR) is 62.2 cm³/mol. The first-order valence-electron chi connectivity index (χ1n) is 5.93. The summed E-state index contributed by atoms with van der Waals surface area (Å²) in [7, 11) is 0. The summed E-state index contributed by atoms with van der Waals surface area (Å²) in [6, 6.07) is 0.377. The highest BCUT2D eigenvalue weighted by Gasteiger charge is 2.29. The number of rotatable bonds is 0. The number of fused-ring (bicyclic) bond motifs is 2. The standard InChI is InChI=1S/C13H18N2/c14-11-6-8-15-7-5-10-3-1-2-4-12(10)13(15)9-11/h1-4,10-11H,5-9,14H2/t10-,11-/m0/s1. The maximum Gasteiger partial charge on any atom is 0.0189 e. The van der Waals surface area contributed by atoms with E-state index >= 15 is 0 Å². The molecule has 2 heteroatoms. The van der Waals surface area contributed by atoms with Crippen LogP contribution in [0.4, 0.5) is 0 Å². The largest absolute Gasteiger partial charge is 0.374 e. The van der Waals surface area contributed by atoms with Gasteiger partial charge in [-0.3, -0.25) is 0 Å². The molecule has 15 heavy (non-hydrogen) atoms. The molecule has 1 fully saturated rings. The maximum absolute atomic E-state index is 6.06. The van der Waals surface area contributed by atoms with Crippen molar-refractivity contribution in [3.05, 3.63) is 35.6 Å². The van der Waals surface area contributed by atoms with E-state index < -0.39 is 0 Å². The Morgan fingerprint density at radius 1 is 1.20 bits per heavy atom. The molecule has 0 radical (unpaired) electrons. The highest BCUT2D eigenvalue weighted by atomic mass is 15.2. The van der Waals surface area contributed by atoms with Gasteiger partial charge in [0.15, 0.2) is 0 Å². The van der Waals surface area contributed by atoms with Gasteiger partial charge in [0.05, 0.1) is 0 Å². The summed E-state index contributed by atoms with van der Waals surface area (Å²) >= 11 is 0. The monoisotopic (exact) mass is 202 g/mol. The summed E-state index contributed by atoms with van der Waals surface area (Å²) in [5.41, 5.74) is 9.11. The zero-order valence-corrected chi connectivity index (χ0v) is 9.02. The Balaban J connectivity index is 1.98. The smallest absolute Gasteiger partial charge is 0.0189 e. The molecule has 0 aromatic heterocycles. The van der Waals surface area contributed by atoms with E-state index in [-0.39, 0.29) is 0 Å². The van der Waals surface area contributed by atoms with E-state index in [0.29, 0.717) is 12.0 Å². The van der Waals surface area contributed by atoms with E-state index in [1.807, 2.05) is 0 Å². The zero-order chi connectivity index (χ0) is 10.3. The molecule has 0 amide bonds. The average molecular weight is 202 g/mol. The first kappa shape index (κ1) is 9.22. The third-order valence-electron chi connectivity index (χ3n) is 3.78. The topological polar surface area (TPSA) is 29.3 Å². The predicted octanol–water partition coefficient (Wildman–Crippen LogP) is 1.81. The molecular weight excluding hydrogens is 184 g/mol. The lowest BCUT2D eigenvalue weighted by atomic mass is 9.83. The maximum atomic E-state index is 6.06. The van der Waals surface area contributed by atoms with Gasteiger partial charge in [0, 0.05) is 37.2 Å². The van der Waals surface area contributed by atoms with Crippen LogP contribution in [0.2, 0.25) is 0 Å². The summed E-state index contributed by atoms with van der Waals surface area (Å²) in [6.07, 6.45) is 12.4. The quantitative estimate of drug-likeness (QED) is 0.649. The molecule has 2 N–H and O–H groups in total. The number of piperidine rings is 1. The van der Waals surface area contributed by atoms with Crippen molar-refractivity contribution in [1.82, 2.24) is 4.90 Å². The molecule has 2 atom stereocenters. The van der Waals surface area contributed by atoms with E-state index in [1.165, 1.54) is 24.2 Å². The van der Waals surface area contributed by atoms with Gasteiger partial charge in [-0.25, -0.2) is 0 Å². The molecule has 0 spiro atoms. The molecule has 0 unspecified atom stereocenters. The Kier molecular flexibility index (Phi) is 2.17. The first-order chi connectivity index (χ1) is 7.34. The van der Waals surface area contributed by atoms with E-state index in [2.05, 4.69) is 29.2 Å². The third kappa shape index (κ3) is 1.53. The van der Waals surface area contributed by atoms with Gasteiger partial charge in [-0.15, -0.1) is 0 Å². The Morgan fingerprint density at radius 3 is 3.00 bits per heavy atom. The van der Waals surface area contributed by atoms with Crippen LogP contribution < -0.4 is 5.73 Å². The van der Waals surface area contributed by atoms with Gasteiger partial charge in [0.25, 0.3) is 0 Å². The van der Waals surface area contributed by atoms with Crippen LogP contribution >= 0.6 is 0 Å². The number of hydrogen-bond acceptors (Lipinski definition) is 2. The minimum absolute atomic E-state index is 0.377. The Hall–Kier alpha value is -1.02. The number of nitrogens with two attached hydrogens (primary N) is 1. The number of hydrogen-bond donors (Lipinski definition) is 1. The van der Waals surface area contributed by atoms with Crippen LogP contribution in [0.3, 0.4) is 0 Å². The summed E-state index contributed by atoms with van der Waals surface area (Å²) in [5, 5.41) is 0. The minimum Gasteiger partial charge on any atom is -0.374 e. The highest BCUT2D eigenvalue weighted by molar-refractivity contribution is 5.38. The van der Waals surface area contributed by atoms with E-state index in [9.17, 15) is 0 Å².